The van der Waals surface area contributed by atoms with Crippen molar-refractivity contribution >= 4 is 26.9 Å². The number of nitrogens with zero attached hydrogens (tertiary/aromatic N) is 2. The van der Waals surface area contributed by atoms with E-state index in [1.807, 2.05) is 44.2 Å². The molecule has 3 aromatic rings. The lowest BCUT2D eigenvalue weighted by Crippen LogP contribution is -2.36. The van der Waals surface area contributed by atoms with Crippen molar-refractivity contribution in [2.75, 3.05) is 20.1 Å². The average molecular weight is 441 g/mol. The van der Waals surface area contributed by atoms with Crippen LogP contribution in [-0.4, -0.2) is 43.7 Å². The number of rotatable bonds is 5. The van der Waals surface area contributed by atoms with Crippen LogP contribution in [-0.2, 0) is 10.0 Å². The van der Waals surface area contributed by atoms with Crippen molar-refractivity contribution in [3.8, 4) is 0 Å². The average Bonchev–Trinajstić information content (AvgIpc) is 3.22. The fraction of sp³-hybridized carbons (Fsp3) is 0.375. The molecule has 0 bridgehead atoms. The summed E-state index contributed by atoms with van der Waals surface area (Å²) >= 11 is 0. The molecule has 1 amide bonds. The predicted molar refractivity (Wildman–Crippen MR) is 121 cm³/mol. The van der Waals surface area contributed by atoms with Gasteiger partial charge in [-0.2, -0.15) is 4.31 Å². The number of carbonyl (C=O) groups excluding carboxylic acids is 1. The van der Waals surface area contributed by atoms with Gasteiger partial charge in [-0.1, -0.05) is 30.7 Å². The molecule has 0 aliphatic carbocycles. The SMILES string of the molecule is Cc1ccc(S(=O)(=O)N2CCCCC2)cc1C(=O)N(C)C(C)c1cc2ccccc2o1. The molecule has 1 fully saturated rings. The third-order valence-electron chi connectivity index (χ3n) is 6.15. The zero-order valence-electron chi connectivity index (χ0n) is 18.2. The van der Waals surface area contributed by atoms with Crippen LogP contribution in [0.4, 0.5) is 0 Å². The predicted octanol–water partition coefficient (Wildman–Crippen LogP) is 4.75. The molecule has 0 saturated carbocycles. The van der Waals surface area contributed by atoms with Crippen molar-refractivity contribution in [1.82, 2.24) is 9.21 Å². The van der Waals surface area contributed by atoms with Crippen LogP contribution >= 0.6 is 0 Å². The lowest BCUT2D eigenvalue weighted by molar-refractivity contribution is 0.0726. The Labute approximate surface area is 183 Å². The molecule has 2 heterocycles. The summed E-state index contributed by atoms with van der Waals surface area (Å²) in [6.07, 6.45) is 2.79. The summed E-state index contributed by atoms with van der Waals surface area (Å²) in [6, 6.07) is 14.2. The first-order valence-corrected chi connectivity index (χ1v) is 12.1. The second-order valence-corrected chi connectivity index (χ2v) is 10.2. The monoisotopic (exact) mass is 440 g/mol. The van der Waals surface area contributed by atoms with Crippen molar-refractivity contribution in [2.45, 2.75) is 44.0 Å². The van der Waals surface area contributed by atoms with Crippen LogP contribution in [0.25, 0.3) is 11.0 Å². The zero-order valence-corrected chi connectivity index (χ0v) is 19.0. The highest BCUT2D eigenvalue weighted by Gasteiger charge is 2.28. The highest BCUT2D eigenvalue weighted by atomic mass is 32.2. The van der Waals surface area contributed by atoms with Crippen LogP contribution in [0.2, 0.25) is 0 Å². The van der Waals surface area contributed by atoms with E-state index in [0.29, 0.717) is 24.4 Å². The molecule has 0 N–H and O–H groups in total. The van der Waals surface area contributed by atoms with Crippen molar-refractivity contribution in [3.05, 3.63) is 65.4 Å². The Bertz CT molecular complexity index is 1180. The summed E-state index contributed by atoms with van der Waals surface area (Å²) in [4.78, 5) is 15.1. The molecule has 4 rings (SSSR count). The highest BCUT2D eigenvalue weighted by molar-refractivity contribution is 7.89. The molecule has 6 nitrogen and oxygen atoms in total. The largest absolute Gasteiger partial charge is 0.459 e. The molecule has 164 valence electrons. The maximum absolute atomic E-state index is 13.3. The van der Waals surface area contributed by atoms with E-state index in [0.717, 1.165) is 35.8 Å². The maximum Gasteiger partial charge on any atom is 0.254 e. The van der Waals surface area contributed by atoms with Gasteiger partial charge in [0.2, 0.25) is 10.0 Å². The summed E-state index contributed by atoms with van der Waals surface area (Å²) in [5, 5.41) is 0.982. The minimum absolute atomic E-state index is 0.174. The molecule has 31 heavy (non-hydrogen) atoms. The Morgan fingerprint density at radius 3 is 2.48 bits per heavy atom. The summed E-state index contributed by atoms with van der Waals surface area (Å²) in [5.41, 5.74) is 1.91. The van der Waals surface area contributed by atoms with Gasteiger partial charge in [0.15, 0.2) is 0 Å². The first-order chi connectivity index (χ1) is 14.8. The summed E-state index contributed by atoms with van der Waals surface area (Å²) < 4.78 is 33.6. The number of sulfonamides is 1. The van der Waals surface area contributed by atoms with E-state index in [1.54, 1.807) is 24.1 Å². The Morgan fingerprint density at radius 1 is 1.06 bits per heavy atom. The van der Waals surface area contributed by atoms with E-state index in [4.69, 9.17) is 4.42 Å². The smallest absolute Gasteiger partial charge is 0.254 e. The molecular weight excluding hydrogens is 412 g/mol. The van der Waals surface area contributed by atoms with Crippen LogP contribution in [0, 0.1) is 6.92 Å². The van der Waals surface area contributed by atoms with E-state index in [9.17, 15) is 13.2 Å². The summed E-state index contributed by atoms with van der Waals surface area (Å²) in [6.45, 7) is 4.79. The van der Waals surface area contributed by atoms with E-state index in [-0.39, 0.29) is 16.8 Å². The molecule has 2 aromatic carbocycles. The van der Waals surface area contributed by atoms with Crippen molar-refractivity contribution in [1.29, 1.82) is 0 Å². The lowest BCUT2D eigenvalue weighted by Gasteiger charge is -2.27. The van der Waals surface area contributed by atoms with E-state index in [2.05, 4.69) is 0 Å². The molecule has 0 radical (unpaired) electrons. The van der Waals surface area contributed by atoms with Gasteiger partial charge in [0, 0.05) is 31.1 Å². The number of hydrogen-bond donors (Lipinski definition) is 0. The van der Waals surface area contributed by atoms with Gasteiger partial charge in [-0.15, -0.1) is 0 Å². The Morgan fingerprint density at radius 2 is 1.77 bits per heavy atom. The molecule has 1 aliphatic rings. The van der Waals surface area contributed by atoms with Gasteiger partial charge in [-0.25, -0.2) is 8.42 Å². The summed E-state index contributed by atoms with van der Waals surface area (Å²) in [7, 11) is -1.89. The second kappa shape index (κ2) is 8.48. The van der Waals surface area contributed by atoms with Crippen LogP contribution in [0.3, 0.4) is 0 Å². The number of hydrogen-bond acceptors (Lipinski definition) is 4. The van der Waals surface area contributed by atoms with Crippen molar-refractivity contribution in [2.24, 2.45) is 0 Å². The third kappa shape index (κ3) is 4.12. The number of piperidine rings is 1. The normalized spacial score (nSPS) is 16.4. The van der Waals surface area contributed by atoms with Crippen molar-refractivity contribution in [3.63, 3.8) is 0 Å². The van der Waals surface area contributed by atoms with Gasteiger partial charge in [0.1, 0.15) is 11.3 Å². The fourth-order valence-corrected chi connectivity index (χ4v) is 5.56. The molecule has 1 aromatic heterocycles. The van der Waals surface area contributed by atoms with E-state index in [1.165, 1.54) is 10.4 Å². The zero-order chi connectivity index (χ0) is 22.2. The molecule has 1 saturated heterocycles. The number of carbonyl (C=O) groups is 1. The summed E-state index contributed by atoms with van der Waals surface area (Å²) in [5.74, 6) is 0.452. The van der Waals surface area contributed by atoms with E-state index < -0.39 is 10.0 Å². The Balaban J connectivity index is 1.62. The molecule has 1 atom stereocenters. The number of para-hydroxylation sites is 1. The van der Waals surface area contributed by atoms with Gasteiger partial charge in [0.25, 0.3) is 5.91 Å². The third-order valence-corrected chi connectivity index (χ3v) is 8.04. The van der Waals surface area contributed by atoms with Crippen LogP contribution in [0.1, 0.15) is 53.9 Å². The fourth-order valence-electron chi connectivity index (χ4n) is 4.01. The number of fused-ring (bicyclic) bond motifs is 1. The van der Waals surface area contributed by atoms with Gasteiger partial charge in [-0.3, -0.25) is 4.79 Å². The topological polar surface area (TPSA) is 70.8 Å². The van der Waals surface area contributed by atoms with Gasteiger partial charge < -0.3 is 9.32 Å². The van der Waals surface area contributed by atoms with E-state index >= 15 is 0 Å². The number of benzene rings is 2. The molecule has 7 heteroatoms. The molecule has 1 unspecified atom stereocenters. The standard InChI is InChI=1S/C24H28N2O4S/c1-17-11-12-20(31(28,29)26-13-7-4-8-14-26)16-21(17)24(27)25(3)18(2)23-15-19-9-5-6-10-22(19)30-23/h5-6,9-12,15-16,18H,4,7-8,13-14H2,1-3H3. The van der Waals surface area contributed by atoms with Gasteiger partial charge in [0.05, 0.1) is 10.9 Å². The molecule has 1 aliphatic heterocycles. The van der Waals surface area contributed by atoms with Gasteiger partial charge in [-0.05, 0) is 56.5 Å². The minimum Gasteiger partial charge on any atom is -0.459 e. The minimum atomic E-state index is -3.61. The Hall–Kier alpha value is -2.64. The van der Waals surface area contributed by atoms with Gasteiger partial charge >= 0.3 is 0 Å². The quantitative estimate of drug-likeness (QED) is 0.574. The molecule has 0 spiro atoms. The number of aryl methyl sites for hydroxylation is 1. The van der Waals surface area contributed by atoms with Crippen LogP contribution in [0.15, 0.2) is 57.8 Å². The first-order valence-electron chi connectivity index (χ1n) is 10.7. The van der Waals surface area contributed by atoms with Crippen LogP contribution in [0.5, 0.6) is 0 Å². The lowest BCUT2D eigenvalue weighted by atomic mass is 10.1. The maximum atomic E-state index is 13.3. The first kappa shape index (κ1) is 21.6. The molecular formula is C24H28N2O4S. The number of furan rings is 1. The van der Waals surface area contributed by atoms with Crippen LogP contribution < -0.4 is 0 Å². The second-order valence-electron chi connectivity index (χ2n) is 8.22. The highest BCUT2D eigenvalue weighted by Crippen LogP contribution is 2.29. The Kier molecular flexibility index (Phi) is 5.90. The van der Waals surface area contributed by atoms with Crippen molar-refractivity contribution < 1.29 is 17.6 Å². The number of amides is 1.